The Hall–Kier alpha value is -1.65. The van der Waals surface area contributed by atoms with Gasteiger partial charge in [-0.3, -0.25) is 4.79 Å². The van der Waals surface area contributed by atoms with Gasteiger partial charge in [0.2, 0.25) is 15.9 Å². The highest BCUT2D eigenvalue weighted by Crippen LogP contribution is 2.32. The zero-order chi connectivity index (χ0) is 19.4. The van der Waals surface area contributed by atoms with E-state index in [9.17, 15) is 26.4 Å². The van der Waals surface area contributed by atoms with Crippen molar-refractivity contribution in [1.82, 2.24) is 9.62 Å². The molecule has 0 radical (unpaired) electrons. The molecule has 0 bridgehead atoms. The number of piperidine rings is 1. The highest BCUT2D eigenvalue weighted by molar-refractivity contribution is 7.89. The van der Waals surface area contributed by atoms with Crippen LogP contribution in [0.2, 0.25) is 0 Å². The van der Waals surface area contributed by atoms with Crippen LogP contribution >= 0.6 is 0 Å². The number of nitrogens with two attached hydrogens (primary N) is 1. The summed E-state index contributed by atoms with van der Waals surface area (Å²) in [7, 11) is -4.10. The minimum Gasteiger partial charge on any atom is -0.354 e. The summed E-state index contributed by atoms with van der Waals surface area (Å²) in [6.45, 7) is 0.496. The maximum atomic E-state index is 12.9. The van der Waals surface area contributed by atoms with Crippen molar-refractivity contribution in [3.8, 4) is 0 Å². The van der Waals surface area contributed by atoms with Gasteiger partial charge in [-0.05, 0) is 31.0 Å². The number of nitrogens with one attached hydrogen (secondary N) is 1. The van der Waals surface area contributed by atoms with E-state index in [0.717, 1.165) is 24.6 Å². The molecule has 0 aromatic heterocycles. The molecule has 1 unspecified atom stereocenters. The predicted octanol–water partition coefficient (Wildman–Crippen LogP) is 1.71. The van der Waals surface area contributed by atoms with Crippen molar-refractivity contribution in [3.63, 3.8) is 0 Å². The SMILES string of the molecule is NCCC(=O)NCC1CCCCN1S(=O)(=O)c1cccc(C(F)(F)F)c1. The molecule has 1 amide bonds. The standard InChI is InChI=1S/C16H22F3N3O3S/c17-16(18,19)12-4-3-6-14(10-12)26(24,25)22-9-2-1-5-13(22)11-21-15(23)7-8-20/h3-4,6,10,13H,1-2,5,7-9,11,20H2,(H,21,23). The number of amides is 1. The van der Waals surface area contributed by atoms with E-state index in [1.54, 1.807) is 0 Å². The van der Waals surface area contributed by atoms with Crippen molar-refractivity contribution in [2.24, 2.45) is 5.73 Å². The Morgan fingerprint density at radius 2 is 2.04 bits per heavy atom. The summed E-state index contributed by atoms with van der Waals surface area (Å²) in [5.41, 5.74) is 4.29. The number of carbonyl (C=O) groups is 1. The quantitative estimate of drug-likeness (QED) is 0.770. The highest BCUT2D eigenvalue weighted by Gasteiger charge is 2.36. The van der Waals surface area contributed by atoms with E-state index in [4.69, 9.17) is 5.73 Å². The van der Waals surface area contributed by atoms with Crippen LogP contribution in [0, 0.1) is 0 Å². The van der Waals surface area contributed by atoms with Crippen LogP contribution in [0.25, 0.3) is 0 Å². The van der Waals surface area contributed by atoms with E-state index < -0.39 is 32.7 Å². The van der Waals surface area contributed by atoms with Gasteiger partial charge in [0.25, 0.3) is 0 Å². The number of halogens is 3. The molecule has 6 nitrogen and oxygen atoms in total. The van der Waals surface area contributed by atoms with E-state index in [1.807, 2.05) is 0 Å². The number of alkyl halides is 3. The summed E-state index contributed by atoms with van der Waals surface area (Å²) in [6.07, 6.45) is -2.56. The van der Waals surface area contributed by atoms with Crippen molar-refractivity contribution < 1.29 is 26.4 Å². The second-order valence-corrected chi connectivity index (χ2v) is 8.02. The molecule has 1 saturated heterocycles. The third kappa shape index (κ3) is 4.95. The summed E-state index contributed by atoms with van der Waals surface area (Å²) in [4.78, 5) is 11.2. The predicted molar refractivity (Wildman–Crippen MR) is 89.7 cm³/mol. The van der Waals surface area contributed by atoms with Crippen LogP contribution in [0.15, 0.2) is 29.2 Å². The van der Waals surface area contributed by atoms with Crippen molar-refractivity contribution in [2.45, 2.75) is 42.8 Å². The van der Waals surface area contributed by atoms with Crippen LogP contribution < -0.4 is 11.1 Å². The summed E-state index contributed by atoms with van der Waals surface area (Å²) < 4.78 is 65.6. The van der Waals surface area contributed by atoms with Gasteiger partial charge < -0.3 is 11.1 Å². The molecule has 1 aliphatic rings. The zero-order valence-corrected chi connectivity index (χ0v) is 14.9. The topological polar surface area (TPSA) is 92.5 Å². The average Bonchev–Trinajstić information content (AvgIpc) is 2.60. The minimum atomic E-state index is -4.62. The van der Waals surface area contributed by atoms with E-state index in [-0.39, 0.29) is 32.0 Å². The lowest BCUT2D eigenvalue weighted by Gasteiger charge is -2.34. The normalized spacial score (nSPS) is 19.3. The fraction of sp³-hybridized carbons (Fsp3) is 0.562. The van der Waals surface area contributed by atoms with Crippen molar-refractivity contribution in [2.75, 3.05) is 19.6 Å². The van der Waals surface area contributed by atoms with Gasteiger partial charge >= 0.3 is 6.18 Å². The number of sulfonamides is 1. The summed E-state index contributed by atoms with van der Waals surface area (Å²) >= 11 is 0. The first-order valence-electron chi connectivity index (χ1n) is 8.32. The summed E-state index contributed by atoms with van der Waals surface area (Å²) in [5, 5.41) is 2.64. The molecule has 3 N–H and O–H groups in total. The van der Waals surface area contributed by atoms with E-state index >= 15 is 0 Å². The average molecular weight is 393 g/mol. The molecule has 1 aliphatic heterocycles. The number of benzene rings is 1. The Bertz CT molecular complexity index is 738. The van der Waals surface area contributed by atoms with Gasteiger partial charge in [-0.25, -0.2) is 8.42 Å². The van der Waals surface area contributed by atoms with Crippen molar-refractivity contribution in [3.05, 3.63) is 29.8 Å². The third-order valence-corrected chi connectivity index (χ3v) is 6.20. The Labute approximate surface area is 150 Å². The maximum absolute atomic E-state index is 12.9. The molecular formula is C16H22F3N3O3S. The van der Waals surface area contributed by atoms with Gasteiger partial charge in [0.15, 0.2) is 0 Å². The first-order valence-corrected chi connectivity index (χ1v) is 9.76. The minimum absolute atomic E-state index is 0.108. The van der Waals surface area contributed by atoms with Gasteiger partial charge in [-0.15, -0.1) is 0 Å². The molecule has 146 valence electrons. The summed E-state index contributed by atoms with van der Waals surface area (Å²) in [6, 6.07) is 3.22. The second kappa shape index (κ2) is 8.36. The lowest BCUT2D eigenvalue weighted by molar-refractivity contribution is -0.137. The van der Waals surface area contributed by atoms with E-state index in [0.29, 0.717) is 18.9 Å². The second-order valence-electron chi connectivity index (χ2n) is 6.13. The van der Waals surface area contributed by atoms with Crippen LogP contribution in [0.3, 0.4) is 0 Å². The molecular weight excluding hydrogens is 371 g/mol. The van der Waals surface area contributed by atoms with Gasteiger partial charge in [0, 0.05) is 32.1 Å². The molecule has 10 heteroatoms. The number of carbonyl (C=O) groups excluding carboxylic acids is 1. The smallest absolute Gasteiger partial charge is 0.354 e. The van der Waals surface area contributed by atoms with Crippen molar-refractivity contribution >= 4 is 15.9 Å². The third-order valence-electron chi connectivity index (χ3n) is 4.25. The number of hydrogen-bond acceptors (Lipinski definition) is 4. The Morgan fingerprint density at radius 3 is 2.69 bits per heavy atom. The summed E-state index contributed by atoms with van der Waals surface area (Å²) in [5.74, 6) is -0.283. The number of nitrogens with zero attached hydrogens (tertiary/aromatic N) is 1. The van der Waals surface area contributed by atoms with Gasteiger partial charge in [0.05, 0.1) is 10.5 Å². The fourth-order valence-corrected chi connectivity index (χ4v) is 4.65. The molecule has 2 rings (SSSR count). The molecule has 1 aromatic carbocycles. The Balaban J connectivity index is 2.23. The van der Waals surface area contributed by atoms with Gasteiger partial charge in [-0.2, -0.15) is 17.5 Å². The van der Waals surface area contributed by atoms with Crippen LogP contribution in [-0.2, 0) is 21.0 Å². The Kier molecular flexibility index (Phi) is 6.64. The molecule has 0 saturated carbocycles. The maximum Gasteiger partial charge on any atom is 0.416 e. The zero-order valence-electron chi connectivity index (χ0n) is 14.1. The first-order chi connectivity index (χ1) is 12.2. The van der Waals surface area contributed by atoms with E-state index in [2.05, 4.69) is 5.32 Å². The monoisotopic (exact) mass is 393 g/mol. The number of hydrogen-bond donors (Lipinski definition) is 2. The number of rotatable bonds is 6. The molecule has 1 heterocycles. The Morgan fingerprint density at radius 1 is 1.31 bits per heavy atom. The molecule has 1 fully saturated rings. The van der Waals surface area contributed by atoms with Gasteiger partial charge in [-0.1, -0.05) is 12.5 Å². The van der Waals surface area contributed by atoms with Crippen LogP contribution in [-0.4, -0.2) is 44.3 Å². The van der Waals surface area contributed by atoms with Crippen LogP contribution in [0.1, 0.15) is 31.2 Å². The molecule has 1 atom stereocenters. The van der Waals surface area contributed by atoms with Gasteiger partial charge in [0.1, 0.15) is 0 Å². The largest absolute Gasteiger partial charge is 0.416 e. The lowest BCUT2D eigenvalue weighted by Crippen LogP contribution is -2.49. The fourth-order valence-electron chi connectivity index (χ4n) is 2.91. The molecule has 0 spiro atoms. The molecule has 0 aliphatic carbocycles. The lowest BCUT2D eigenvalue weighted by atomic mass is 10.1. The van der Waals surface area contributed by atoms with Crippen LogP contribution in [0.5, 0.6) is 0 Å². The van der Waals surface area contributed by atoms with E-state index in [1.165, 1.54) is 4.31 Å². The molecule has 26 heavy (non-hydrogen) atoms. The van der Waals surface area contributed by atoms with Crippen molar-refractivity contribution in [1.29, 1.82) is 0 Å². The first kappa shape index (κ1) is 20.7. The highest BCUT2D eigenvalue weighted by atomic mass is 32.2. The molecule has 1 aromatic rings. The van der Waals surface area contributed by atoms with Crippen LogP contribution in [0.4, 0.5) is 13.2 Å².